The fraction of sp³-hybridized carbons (Fsp3) is 0.190. The number of carbonyl (C=O) groups excluding carboxylic acids is 2. The summed E-state index contributed by atoms with van der Waals surface area (Å²) in [7, 11) is 3.09. The fourth-order valence-electron chi connectivity index (χ4n) is 3.37. The zero-order valence-electron chi connectivity index (χ0n) is 16.3. The first-order chi connectivity index (χ1) is 14.5. The number of hydrogen-bond donors (Lipinski definition) is 2. The number of fused-ring (bicyclic) bond motifs is 1. The van der Waals surface area contributed by atoms with E-state index in [0.29, 0.717) is 28.0 Å². The van der Waals surface area contributed by atoms with Gasteiger partial charge in [0.1, 0.15) is 23.4 Å². The first-order valence-corrected chi connectivity index (χ1v) is 9.54. The van der Waals surface area contributed by atoms with Crippen LogP contribution in [-0.4, -0.2) is 35.8 Å². The van der Waals surface area contributed by atoms with Gasteiger partial charge < -0.3 is 20.1 Å². The molecule has 0 radical (unpaired) electrons. The maximum absolute atomic E-state index is 12.6. The Labute approximate surface area is 177 Å². The minimum absolute atomic E-state index is 0.0896. The third-order valence-electron chi connectivity index (χ3n) is 4.83. The van der Waals surface area contributed by atoms with E-state index in [1.165, 1.54) is 11.8 Å². The van der Waals surface area contributed by atoms with Crippen LogP contribution in [0.25, 0.3) is 11.1 Å². The molecule has 3 aromatic rings. The maximum Gasteiger partial charge on any atom is 0.251 e. The molecule has 1 aliphatic rings. The average molecular weight is 427 g/mol. The van der Waals surface area contributed by atoms with Gasteiger partial charge >= 0.3 is 0 Å². The third-order valence-corrected chi connectivity index (χ3v) is 5.07. The summed E-state index contributed by atoms with van der Waals surface area (Å²) in [6, 6.07) is 11.6. The smallest absolute Gasteiger partial charge is 0.251 e. The highest BCUT2D eigenvalue weighted by molar-refractivity contribution is 6.31. The van der Waals surface area contributed by atoms with Gasteiger partial charge in [0.15, 0.2) is 0 Å². The van der Waals surface area contributed by atoms with Crippen molar-refractivity contribution in [3.8, 4) is 22.6 Å². The van der Waals surface area contributed by atoms with Crippen LogP contribution in [0.3, 0.4) is 0 Å². The molecule has 1 unspecified atom stereocenters. The molecule has 2 amide bonds. The van der Waals surface area contributed by atoms with Gasteiger partial charge in [-0.2, -0.15) is 5.10 Å². The molecule has 0 fully saturated rings. The highest BCUT2D eigenvalue weighted by Gasteiger charge is 2.35. The van der Waals surface area contributed by atoms with Gasteiger partial charge in [0.05, 0.1) is 32.5 Å². The molecule has 2 heterocycles. The highest BCUT2D eigenvalue weighted by atomic mass is 35.5. The van der Waals surface area contributed by atoms with Gasteiger partial charge in [-0.25, -0.2) is 4.68 Å². The van der Waals surface area contributed by atoms with Gasteiger partial charge in [0, 0.05) is 10.6 Å². The zero-order chi connectivity index (χ0) is 21.3. The number of nitrogens with one attached hydrogen (secondary N) is 2. The molecule has 0 bridgehead atoms. The summed E-state index contributed by atoms with van der Waals surface area (Å²) in [6.07, 6.45) is 1.57. The predicted molar refractivity (Wildman–Crippen MR) is 113 cm³/mol. The summed E-state index contributed by atoms with van der Waals surface area (Å²) < 4.78 is 12.0. The lowest BCUT2D eigenvalue weighted by atomic mass is 10.1. The number of amides is 2. The molecule has 2 N–H and O–H groups in total. The van der Waals surface area contributed by atoms with Gasteiger partial charge in [-0.3, -0.25) is 9.59 Å². The lowest BCUT2D eigenvalue weighted by Gasteiger charge is -2.12. The summed E-state index contributed by atoms with van der Waals surface area (Å²) in [5.74, 6) is 1.07. The van der Waals surface area contributed by atoms with E-state index >= 15 is 0 Å². The quantitative estimate of drug-likeness (QED) is 0.626. The summed E-state index contributed by atoms with van der Waals surface area (Å²) in [5, 5.41) is 10.4. The SMILES string of the molecule is COc1cccc(-c2cnn3c2NC(=O)C3CC(=O)Nc2cc(Cl)ccc2OC)c1. The Kier molecular flexibility index (Phi) is 5.33. The molecule has 30 heavy (non-hydrogen) atoms. The number of carbonyl (C=O) groups is 2. The molecule has 1 atom stereocenters. The van der Waals surface area contributed by atoms with E-state index in [0.717, 1.165) is 11.1 Å². The summed E-state index contributed by atoms with van der Waals surface area (Å²) in [5.41, 5.74) is 2.04. The van der Waals surface area contributed by atoms with Crippen LogP contribution in [0.4, 0.5) is 11.5 Å². The standard InChI is InChI=1S/C21H19ClN4O4/c1-29-14-5-3-4-12(8-14)15-11-23-26-17(21(28)25-20(15)26)10-19(27)24-16-9-13(22)6-7-18(16)30-2/h3-9,11,17H,10H2,1-2H3,(H,24,27)(H,25,28). The number of nitrogens with zero attached hydrogens (tertiary/aromatic N) is 2. The number of aromatic nitrogens is 2. The first-order valence-electron chi connectivity index (χ1n) is 9.16. The topological polar surface area (TPSA) is 94.5 Å². The van der Waals surface area contributed by atoms with E-state index < -0.39 is 6.04 Å². The van der Waals surface area contributed by atoms with Crippen molar-refractivity contribution >= 4 is 34.9 Å². The number of methoxy groups -OCH3 is 2. The van der Waals surface area contributed by atoms with Crippen molar-refractivity contribution in [2.24, 2.45) is 0 Å². The molecule has 1 aliphatic heterocycles. The maximum atomic E-state index is 12.6. The van der Waals surface area contributed by atoms with Gasteiger partial charge in [-0.1, -0.05) is 23.7 Å². The van der Waals surface area contributed by atoms with Crippen molar-refractivity contribution in [2.75, 3.05) is 24.9 Å². The molecule has 9 heteroatoms. The van der Waals surface area contributed by atoms with Crippen molar-refractivity contribution in [3.63, 3.8) is 0 Å². The minimum Gasteiger partial charge on any atom is -0.497 e. The minimum atomic E-state index is -0.760. The Bertz CT molecular complexity index is 1130. The van der Waals surface area contributed by atoms with Gasteiger partial charge in [-0.05, 0) is 35.9 Å². The van der Waals surface area contributed by atoms with Gasteiger partial charge in [0.2, 0.25) is 5.91 Å². The summed E-state index contributed by atoms with van der Waals surface area (Å²) in [4.78, 5) is 25.2. The summed E-state index contributed by atoms with van der Waals surface area (Å²) >= 11 is 6.01. The summed E-state index contributed by atoms with van der Waals surface area (Å²) in [6.45, 7) is 0. The van der Waals surface area contributed by atoms with Crippen LogP contribution < -0.4 is 20.1 Å². The number of halogens is 1. The monoisotopic (exact) mass is 426 g/mol. The second-order valence-corrected chi connectivity index (χ2v) is 7.12. The molecule has 0 aliphatic carbocycles. The van der Waals surface area contributed by atoms with Crippen molar-refractivity contribution in [1.82, 2.24) is 9.78 Å². The number of anilines is 2. The van der Waals surface area contributed by atoms with Crippen LogP contribution >= 0.6 is 11.6 Å². The molecule has 2 aromatic carbocycles. The van der Waals surface area contributed by atoms with E-state index in [9.17, 15) is 9.59 Å². The van der Waals surface area contributed by atoms with E-state index in [-0.39, 0.29) is 18.2 Å². The van der Waals surface area contributed by atoms with Crippen LogP contribution in [0.1, 0.15) is 12.5 Å². The second kappa shape index (κ2) is 8.08. The molecule has 1 aromatic heterocycles. The Hall–Kier alpha value is -3.52. The number of benzene rings is 2. The van der Waals surface area contributed by atoms with Gasteiger partial charge in [-0.15, -0.1) is 0 Å². The van der Waals surface area contributed by atoms with E-state index in [2.05, 4.69) is 15.7 Å². The van der Waals surface area contributed by atoms with Crippen molar-refractivity contribution in [2.45, 2.75) is 12.5 Å². The van der Waals surface area contributed by atoms with Crippen LogP contribution in [-0.2, 0) is 9.59 Å². The Morgan fingerprint density at radius 3 is 2.83 bits per heavy atom. The van der Waals surface area contributed by atoms with Crippen molar-refractivity contribution < 1.29 is 19.1 Å². The zero-order valence-corrected chi connectivity index (χ0v) is 17.1. The Morgan fingerprint density at radius 1 is 1.23 bits per heavy atom. The highest BCUT2D eigenvalue weighted by Crippen LogP contribution is 2.37. The number of hydrogen-bond acceptors (Lipinski definition) is 5. The molecular weight excluding hydrogens is 408 g/mol. The van der Waals surface area contributed by atoms with E-state index in [1.54, 1.807) is 31.5 Å². The van der Waals surface area contributed by atoms with Crippen molar-refractivity contribution in [1.29, 1.82) is 0 Å². The largest absolute Gasteiger partial charge is 0.497 e. The average Bonchev–Trinajstić information content (AvgIpc) is 3.27. The first kappa shape index (κ1) is 19.8. The van der Waals surface area contributed by atoms with Crippen molar-refractivity contribution in [3.05, 3.63) is 53.7 Å². The molecule has 8 nitrogen and oxygen atoms in total. The lowest BCUT2D eigenvalue weighted by molar-refractivity contribution is -0.123. The van der Waals surface area contributed by atoms with Crippen LogP contribution in [0.2, 0.25) is 5.02 Å². The Balaban J connectivity index is 1.55. The molecule has 0 spiro atoms. The molecular formula is C21H19ClN4O4. The predicted octanol–water partition coefficient (Wildman–Crippen LogP) is 3.74. The molecule has 0 saturated heterocycles. The van der Waals surface area contributed by atoms with Crippen LogP contribution in [0, 0.1) is 0 Å². The molecule has 154 valence electrons. The molecule has 4 rings (SSSR count). The van der Waals surface area contributed by atoms with Gasteiger partial charge in [0.25, 0.3) is 5.91 Å². The Morgan fingerprint density at radius 2 is 2.07 bits per heavy atom. The normalized spacial score (nSPS) is 14.8. The third kappa shape index (κ3) is 3.69. The van der Waals surface area contributed by atoms with Crippen LogP contribution in [0.15, 0.2) is 48.7 Å². The van der Waals surface area contributed by atoms with Crippen LogP contribution in [0.5, 0.6) is 11.5 Å². The second-order valence-electron chi connectivity index (χ2n) is 6.69. The van der Waals surface area contributed by atoms with E-state index in [4.69, 9.17) is 21.1 Å². The fourth-order valence-corrected chi connectivity index (χ4v) is 3.54. The lowest BCUT2D eigenvalue weighted by Crippen LogP contribution is -2.23. The molecule has 0 saturated carbocycles. The number of rotatable bonds is 6. The number of ether oxygens (including phenoxy) is 2. The van der Waals surface area contributed by atoms with E-state index in [1.807, 2.05) is 24.3 Å².